The van der Waals surface area contributed by atoms with Crippen molar-refractivity contribution in [3.63, 3.8) is 0 Å². The number of ether oxygens (including phenoxy) is 3. The number of carbonyl (C=O) groups is 7. The predicted molar refractivity (Wildman–Crippen MR) is 197 cm³/mol. The Morgan fingerprint density at radius 2 is 1.57 bits per heavy atom. The van der Waals surface area contributed by atoms with Crippen LogP contribution in [0.25, 0.3) is 0 Å². The third-order valence-corrected chi connectivity index (χ3v) is 8.37. The SMILES string of the molecule is CCOCCCCc1cc(NC(=O)[C@H](C)NC(=O)[C@@H](NC(=O)CCN(CCOC)C(=O)CN2C(=O)C=CC2=O)C(C)C)ccc1COC(=O)C(C)(C)C. The van der Waals surface area contributed by atoms with Gasteiger partial charge in [-0.05, 0) is 83.1 Å². The fourth-order valence-corrected chi connectivity index (χ4v) is 5.12. The van der Waals surface area contributed by atoms with Crippen LogP contribution in [0.1, 0.15) is 78.9 Å². The van der Waals surface area contributed by atoms with Crippen LogP contribution in [0.2, 0.25) is 0 Å². The normalized spacial score (nSPS) is 13.9. The Hall–Kier alpha value is -4.63. The van der Waals surface area contributed by atoms with E-state index in [1.54, 1.807) is 40.7 Å². The molecule has 0 radical (unpaired) electrons. The fraction of sp³-hybridized carbons (Fsp3) is 0.605. The van der Waals surface area contributed by atoms with E-state index in [0.717, 1.165) is 41.0 Å². The van der Waals surface area contributed by atoms with E-state index in [9.17, 15) is 33.6 Å². The Kier molecular flexibility index (Phi) is 18.3. The molecule has 0 saturated heterocycles. The number of esters is 1. The summed E-state index contributed by atoms with van der Waals surface area (Å²) in [6, 6.07) is 3.42. The second kappa shape index (κ2) is 21.8. The second-order valence-electron chi connectivity index (χ2n) is 14.2. The van der Waals surface area contributed by atoms with Crippen LogP contribution in [0.3, 0.4) is 0 Å². The maximum absolute atomic E-state index is 13.3. The summed E-state index contributed by atoms with van der Waals surface area (Å²) in [6.45, 7) is 13.5. The topological polar surface area (TPSA) is 190 Å². The maximum atomic E-state index is 13.3. The van der Waals surface area contributed by atoms with Gasteiger partial charge in [0.25, 0.3) is 11.8 Å². The van der Waals surface area contributed by atoms with Gasteiger partial charge in [-0.2, -0.15) is 0 Å². The molecule has 0 aromatic heterocycles. The Morgan fingerprint density at radius 1 is 0.887 bits per heavy atom. The smallest absolute Gasteiger partial charge is 0.311 e. The van der Waals surface area contributed by atoms with Crippen molar-refractivity contribution >= 4 is 47.1 Å². The average molecular weight is 744 g/mol. The molecule has 15 nitrogen and oxygen atoms in total. The number of methoxy groups -OCH3 is 1. The summed E-state index contributed by atoms with van der Waals surface area (Å²) in [7, 11) is 1.45. The van der Waals surface area contributed by atoms with Gasteiger partial charge in [0.2, 0.25) is 23.6 Å². The highest BCUT2D eigenvalue weighted by Crippen LogP contribution is 2.22. The number of unbranched alkanes of at least 4 members (excludes halogenated alkanes) is 1. The summed E-state index contributed by atoms with van der Waals surface area (Å²) in [4.78, 5) is 90.8. The summed E-state index contributed by atoms with van der Waals surface area (Å²) in [5, 5.41) is 8.22. The molecule has 3 N–H and O–H groups in total. The van der Waals surface area contributed by atoms with Crippen molar-refractivity contribution in [1.29, 1.82) is 0 Å². The fourth-order valence-electron chi connectivity index (χ4n) is 5.12. The maximum Gasteiger partial charge on any atom is 0.311 e. The van der Waals surface area contributed by atoms with Crippen LogP contribution < -0.4 is 16.0 Å². The summed E-state index contributed by atoms with van der Waals surface area (Å²) >= 11 is 0. The van der Waals surface area contributed by atoms with Crippen molar-refractivity contribution in [3.05, 3.63) is 41.5 Å². The monoisotopic (exact) mass is 743 g/mol. The molecule has 6 amide bonds. The van der Waals surface area contributed by atoms with Crippen LogP contribution in [0.15, 0.2) is 30.4 Å². The number of carbonyl (C=O) groups excluding carboxylic acids is 7. The van der Waals surface area contributed by atoms with Crippen LogP contribution in [0, 0.1) is 11.3 Å². The Bertz CT molecular complexity index is 1470. The number of imide groups is 1. The van der Waals surface area contributed by atoms with Crippen molar-refractivity contribution < 1.29 is 47.8 Å². The second-order valence-corrected chi connectivity index (χ2v) is 14.2. The Labute approximate surface area is 312 Å². The number of rotatable bonds is 22. The zero-order chi connectivity index (χ0) is 39.7. The first-order chi connectivity index (χ1) is 25.0. The largest absolute Gasteiger partial charge is 0.460 e. The number of amides is 6. The van der Waals surface area contributed by atoms with E-state index in [1.807, 2.05) is 19.1 Å². The number of anilines is 1. The molecule has 0 bridgehead atoms. The molecule has 1 aromatic carbocycles. The molecule has 0 fully saturated rings. The van der Waals surface area contributed by atoms with Gasteiger partial charge in [0.1, 0.15) is 25.2 Å². The van der Waals surface area contributed by atoms with E-state index in [-0.39, 0.29) is 44.6 Å². The van der Waals surface area contributed by atoms with E-state index in [1.165, 1.54) is 18.9 Å². The molecule has 2 rings (SSSR count). The summed E-state index contributed by atoms with van der Waals surface area (Å²) in [6.07, 6.45) is 4.35. The van der Waals surface area contributed by atoms with Crippen molar-refractivity contribution in [2.24, 2.45) is 11.3 Å². The van der Waals surface area contributed by atoms with Gasteiger partial charge in [-0.15, -0.1) is 0 Å². The lowest BCUT2D eigenvalue weighted by Crippen LogP contribution is -2.54. The van der Waals surface area contributed by atoms with Crippen molar-refractivity contribution in [3.8, 4) is 0 Å². The van der Waals surface area contributed by atoms with E-state index < -0.39 is 59.5 Å². The Balaban J connectivity index is 2.03. The number of aryl methyl sites for hydroxylation is 1. The van der Waals surface area contributed by atoms with Gasteiger partial charge in [0, 0.05) is 57.7 Å². The lowest BCUT2D eigenvalue weighted by Gasteiger charge is -2.26. The molecule has 1 aromatic rings. The number of hydrogen-bond donors (Lipinski definition) is 3. The Morgan fingerprint density at radius 3 is 2.17 bits per heavy atom. The molecule has 2 atom stereocenters. The zero-order valence-electron chi connectivity index (χ0n) is 32.4. The van der Waals surface area contributed by atoms with Gasteiger partial charge in [0.15, 0.2) is 0 Å². The van der Waals surface area contributed by atoms with Gasteiger partial charge in [-0.1, -0.05) is 19.9 Å². The van der Waals surface area contributed by atoms with Crippen LogP contribution in [-0.4, -0.2) is 110 Å². The number of nitrogens with one attached hydrogen (secondary N) is 3. The first-order valence-corrected chi connectivity index (χ1v) is 18.1. The number of hydrogen-bond acceptors (Lipinski definition) is 10. The minimum Gasteiger partial charge on any atom is -0.460 e. The van der Waals surface area contributed by atoms with Gasteiger partial charge in [-0.3, -0.25) is 38.5 Å². The summed E-state index contributed by atoms with van der Waals surface area (Å²) < 4.78 is 16.1. The average Bonchev–Trinajstić information content (AvgIpc) is 3.41. The lowest BCUT2D eigenvalue weighted by molar-refractivity contribution is -0.154. The minimum atomic E-state index is -0.981. The minimum absolute atomic E-state index is 0.0464. The van der Waals surface area contributed by atoms with E-state index in [4.69, 9.17) is 14.2 Å². The third-order valence-electron chi connectivity index (χ3n) is 8.37. The van der Waals surface area contributed by atoms with Gasteiger partial charge < -0.3 is 35.1 Å². The first-order valence-electron chi connectivity index (χ1n) is 18.1. The van der Waals surface area contributed by atoms with Gasteiger partial charge in [0.05, 0.1) is 12.0 Å². The summed E-state index contributed by atoms with van der Waals surface area (Å²) in [5.74, 6) is -3.93. The molecule has 0 spiro atoms. The third kappa shape index (κ3) is 15.1. The molecular weight excluding hydrogens is 686 g/mol. The molecule has 0 saturated carbocycles. The quantitative estimate of drug-likeness (QED) is 0.0904. The molecule has 53 heavy (non-hydrogen) atoms. The van der Waals surface area contributed by atoms with Crippen molar-refractivity contribution in [2.45, 2.75) is 92.8 Å². The van der Waals surface area contributed by atoms with E-state index >= 15 is 0 Å². The van der Waals surface area contributed by atoms with Crippen LogP contribution in [0.5, 0.6) is 0 Å². The van der Waals surface area contributed by atoms with E-state index in [0.29, 0.717) is 25.3 Å². The molecule has 1 aliphatic heterocycles. The molecule has 15 heteroatoms. The van der Waals surface area contributed by atoms with Crippen molar-refractivity contribution in [2.75, 3.05) is 51.9 Å². The highest BCUT2D eigenvalue weighted by molar-refractivity contribution is 6.14. The molecule has 294 valence electrons. The van der Waals surface area contributed by atoms with Crippen LogP contribution >= 0.6 is 0 Å². The first kappa shape index (κ1) is 44.5. The van der Waals surface area contributed by atoms with Crippen LogP contribution in [0.4, 0.5) is 5.69 Å². The van der Waals surface area contributed by atoms with Crippen LogP contribution in [-0.2, 0) is 60.8 Å². The van der Waals surface area contributed by atoms with Gasteiger partial charge >= 0.3 is 5.97 Å². The summed E-state index contributed by atoms with van der Waals surface area (Å²) in [5.41, 5.74) is 1.61. The van der Waals surface area contributed by atoms with Gasteiger partial charge in [-0.25, -0.2) is 0 Å². The lowest BCUT2D eigenvalue weighted by atomic mass is 9.97. The zero-order valence-corrected chi connectivity index (χ0v) is 32.4. The molecule has 0 unspecified atom stereocenters. The molecule has 1 heterocycles. The molecule has 0 aliphatic carbocycles. The van der Waals surface area contributed by atoms with E-state index in [2.05, 4.69) is 16.0 Å². The highest BCUT2D eigenvalue weighted by atomic mass is 16.5. The van der Waals surface area contributed by atoms with Crippen molar-refractivity contribution in [1.82, 2.24) is 20.4 Å². The highest BCUT2D eigenvalue weighted by Gasteiger charge is 2.30. The molecular formula is C38H57N5O10. The number of benzene rings is 1. The number of nitrogens with zero attached hydrogens (tertiary/aromatic N) is 2. The molecule has 1 aliphatic rings. The standard InChI is InChI=1S/C38H57N5O10/c1-9-52-20-11-10-12-27-22-29(14-13-28(27)24-53-37(50)38(5,6)7)40-35(48)26(4)39-36(49)34(25(2)3)41-30(44)17-18-42(19-21-51-8)33(47)23-43-31(45)15-16-32(43)46/h13-16,22,25-26,34H,9-12,17-21,23-24H2,1-8H3,(H,39,49)(H,40,48)(H,41,44)/t26-,34-/m0/s1. The predicted octanol–water partition coefficient (Wildman–Crippen LogP) is 2.51.